The molecule has 4 nitrogen and oxygen atoms in total. The van der Waals surface area contributed by atoms with Crippen molar-refractivity contribution in [3.05, 3.63) is 42.2 Å². The summed E-state index contributed by atoms with van der Waals surface area (Å²) in [5.41, 5.74) is 1.44. The third kappa shape index (κ3) is 1.79. The minimum Gasteiger partial charge on any atom is -0.302 e. The molecule has 2 rings (SSSR count). The van der Waals surface area contributed by atoms with Gasteiger partial charge in [-0.3, -0.25) is 9.78 Å². The van der Waals surface area contributed by atoms with E-state index in [4.69, 9.17) is 0 Å². The van der Waals surface area contributed by atoms with Crippen LogP contribution in [-0.2, 0) is 6.42 Å². The van der Waals surface area contributed by atoms with Crippen molar-refractivity contribution in [3.8, 4) is 5.69 Å². The van der Waals surface area contributed by atoms with Gasteiger partial charge >= 0.3 is 0 Å². The molecule has 76 valence electrons. The quantitative estimate of drug-likeness (QED) is 0.709. The average Bonchev–Trinajstić information content (AvgIpc) is 2.77. The number of pyridine rings is 1. The number of aromatic nitrogens is 3. The van der Waals surface area contributed by atoms with Crippen LogP contribution < -0.4 is 0 Å². The predicted molar refractivity (Wildman–Crippen MR) is 56.1 cm³/mol. The van der Waals surface area contributed by atoms with Crippen molar-refractivity contribution in [1.82, 2.24) is 14.5 Å². The summed E-state index contributed by atoms with van der Waals surface area (Å²) in [5, 5.41) is 0. The summed E-state index contributed by atoms with van der Waals surface area (Å²) in [6.07, 6.45) is 8.50. The molecule has 0 aliphatic carbocycles. The zero-order valence-corrected chi connectivity index (χ0v) is 8.42. The van der Waals surface area contributed by atoms with Gasteiger partial charge in [0.15, 0.2) is 6.29 Å². The van der Waals surface area contributed by atoms with Gasteiger partial charge in [0.1, 0.15) is 5.82 Å². The van der Waals surface area contributed by atoms with E-state index in [1.54, 1.807) is 24.7 Å². The summed E-state index contributed by atoms with van der Waals surface area (Å²) in [6, 6.07) is 1.79. The smallest absolute Gasteiger partial charge is 0.151 e. The minimum absolute atomic E-state index is 0.572. The second kappa shape index (κ2) is 4.04. The van der Waals surface area contributed by atoms with Crippen molar-refractivity contribution in [2.45, 2.75) is 13.3 Å². The van der Waals surface area contributed by atoms with Crippen molar-refractivity contribution >= 4 is 6.29 Å². The average molecular weight is 201 g/mol. The number of aryl methyl sites for hydroxylation is 1. The summed E-state index contributed by atoms with van der Waals surface area (Å²) in [5.74, 6) is 0.958. The molecular formula is C11H11N3O. The molecule has 0 aromatic carbocycles. The number of carbonyl (C=O) groups is 1. The van der Waals surface area contributed by atoms with Gasteiger partial charge in [-0.1, -0.05) is 6.92 Å². The van der Waals surface area contributed by atoms with Gasteiger partial charge in [0.25, 0.3) is 0 Å². The second-order valence-electron chi connectivity index (χ2n) is 3.16. The third-order valence-corrected chi connectivity index (χ3v) is 2.19. The van der Waals surface area contributed by atoms with E-state index in [-0.39, 0.29) is 0 Å². The van der Waals surface area contributed by atoms with Gasteiger partial charge in [-0.05, 0) is 6.07 Å². The highest BCUT2D eigenvalue weighted by atomic mass is 16.1. The summed E-state index contributed by atoms with van der Waals surface area (Å²) in [7, 11) is 0. The number of nitrogens with zero attached hydrogens (tertiary/aromatic N) is 3. The Hall–Kier alpha value is -1.97. The standard InChI is InChI=1S/C11H11N3O/c1-2-11-13-3-4-14(11)10-5-9(8-15)6-12-7-10/h3-8H,2H2,1H3. The Morgan fingerprint density at radius 1 is 1.47 bits per heavy atom. The van der Waals surface area contributed by atoms with Crippen molar-refractivity contribution in [2.75, 3.05) is 0 Å². The molecule has 0 N–H and O–H groups in total. The van der Waals surface area contributed by atoms with Crippen molar-refractivity contribution < 1.29 is 4.79 Å². The molecule has 0 aliphatic rings. The maximum Gasteiger partial charge on any atom is 0.151 e. The second-order valence-corrected chi connectivity index (χ2v) is 3.16. The van der Waals surface area contributed by atoms with Gasteiger partial charge in [0.2, 0.25) is 0 Å². The lowest BCUT2D eigenvalue weighted by atomic mass is 10.3. The van der Waals surface area contributed by atoms with Crippen molar-refractivity contribution in [3.63, 3.8) is 0 Å². The first-order chi connectivity index (χ1) is 7.35. The fourth-order valence-electron chi connectivity index (χ4n) is 1.47. The first-order valence-corrected chi connectivity index (χ1v) is 4.78. The topological polar surface area (TPSA) is 47.8 Å². The first-order valence-electron chi connectivity index (χ1n) is 4.78. The third-order valence-electron chi connectivity index (χ3n) is 2.19. The highest BCUT2D eigenvalue weighted by molar-refractivity contribution is 5.75. The Morgan fingerprint density at radius 2 is 2.33 bits per heavy atom. The van der Waals surface area contributed by atoms with Gasteiger partial charge in [-0.25, -0.2) is 4.98 Å². The number of carbonyl (C=O) groups excluding carboxylic acids is 1. The molecule has 0 saturated carbocycles. The van der Waals surface area contributed by atoms with Gasteiger partial charge in [-0.15, -0.1) is 0 Å². The maximum atomic E-state index is 10.6. The maximum absolute atomic E-state index is 10.6. The van der Waals surface area contributed by atoms with Gasteiger partial charge in [0.05, 0.1) is 11.9 Å². The molecule has 2 heterocycles. The Kier molecular flexibility index (Phi) is 2.58. The van der Waals surface area contributed by atoms with Crippen LogP contribution in [0.5, 0.6) is 0 Å². The number of hydrogen-bond acceptors (Lipinski definition) is 3. The van der Waals surface area contributed by atoms with Crippen LogP contribution in [0, 0.1) is 0 Å². The predicted octanol–water partition coefficient (Wildman–Crippen LogP) is 1.64. The van der Waals surface area contributed by atoms with E-state index in [1.165, 1.54) is 0 Å². The van der Waals surface area contributed by atoms with Crippen LogP contribution in [0.3, 0.4) is 0 Å². The molecule has 2 aromatic heterocycles. The summed E-state index contributed by atoms with van der Waals surface area (Å²) in [4.78, 5) is 18.8. The van der Waals surface area contributed by atoms with E-state index in [2.05, 4.69) is 9.97 Å². The number of imidazole rings is 1. The highest BCUT2D eigenvalue weighted by Gasteiger charge is 2.03. The van der Waals surface area contributed by atoms with Gasteiger partial charge < -0.3 is 4.57 Å². The highest BCUT2D eigenvalue weighted by Crippen LogP contribution is 2.10. The lowest BCUT2D eigenvalue weighted by Crippen LogP contribution is -2.00. The molecule has 0 aliphatic heterocycles. The molecule has 2 aromatic rings. The fourth-order valence-corrected chi connectivity index (χ4v) is 1.47. The number of hydrogen-bond donors (Lipinski definition) is 0. The van der Waals surface area contributed by atoms with Gasteiger partial charge in [0, 0.05) is 30.6 Å². The molecule has 0 unspecified atom stereocenters. The summed E-state index contributed by atoms with van der Waals surface area (Å²) >= 11 is 0. The zero-order valence-electron chi connectivity index (χ0n) is 8.42. The largest absolute Gasteiger partial charge is 0.302 e. The minimum atomic E-state index is 0.572. The Balaban J connectivity index is 2.48. The van der Waals surface area contributed by atoms with E-state index in [0.717, 1.165) is 24.2 Å². The van der Waals surface area contributed by atoms with Crippen molar-refractivity contribution in [1.29, 1.82) is 0 Å². The molecule has 0 bridgehead atoms. The first kappa shape index (κ1) is 9.58. The van der Waals surface area contributed by atoms with E-state index in [1.807, 2.05) is 17.7 Å². The van der Waals surface area contributed by atoms with E-state index >= 15 is 0 Å². The van der Waals surface area contributed by atoms with Crippen LogP contribution in [-0.4, -0.2) is 20.8 Å². The zero-order chi connectivity index (χ0) is 10.7. The van der Waals surface area contributed by atoms with E-state index in [9.17, 15) is 4.79 Å². The Labute approximate surface area is 87.6 Å². The molecule has 0 saturated heterocycles. The molecule has 0 spiro atoms. The number of aldehydes is 1. The van der Waals surface area contributed by atoms with E-state index in [0.29, 0.717) is 5.56 Å². The molecule has 0 fully saturated rings. The summed E-state index contributed by atoms with van der Waals surface area (Å²) in [6.45, 7) is 2.04. The lowest BCUT2D eigenvalue weighted by Gasteiger charge is -2.05. The number of rotatable bonds is 3. The molecule has 15 heavy (non-hydrogen) atoms. The summed E-state index contributed by atoms with van der Waals surface area (Å²) < 4.78 is 1.93. The normalized spacial score (nSPS) is 10.2. The molecule has 0 radical (unpaired) electrons. The van der Waals surface area contributed by atoms with Crippen LogP contribution in [0.4, 0.5) is 0 Å². The Bertz CT molecular complexity index is 476. The van der Waals surface area contributed by atoms with E-state index < -0.39 is 0 Å². The SMILES string of the molecule is CCc1nccn1-c1cncc(C=O)c1. The molecule has 0 atom stereocenters. The monoisotopic (exact) mass is 201 g/mol. The van der Waals surface area contributed by atoms with Crippen LogP contribution in [0.15, 0.2) is 30.9 Å². The molecule has 4 heteroatoms. The van der Waals surface area contributed by atoms with Gasteiger partial charge in [-0.2, -0.15) is 0 Å². The van der Waals surface area contributed by atoms with Crippen LogP contribution in [0.1, 0.15) is 23.1 Å². The lowest BCUT2D eigenvalue weighted by molar-refractivity contribution is 0.112. The molecular weight excluding hydrogens is 190 g/mol. The van der Waals surface area contributed by atoms with Crippen LogP contribution in [0.2, 0.25) is 0 Å². The fraction of sp³-hybridized carbons (Fsp3) is 0.182. The Morgan fingerprint density at radius 3 is 3.07 bits per heavy atom. The molecule has 0 amide bonds. The van der Waals surface area contributed by atoms with Crippen LogP contribution in [0.25, 0.3) is 5.69 Å². The van der Waals surface area contributed by atoms with Crippen LogP contribution >= 0.6 is 0 Å². The van der Waals surface area contributed by atoms with Crippen molar-refractivity contribution in [2.24, 2.45) is 0 Å².